The van der Waals surface area contributed by atoms with E-state index < -0.39 is 10.0 Å². The molecule has 1 aliphatic rings. The minimum atomic E-state index is -3.50. The van der Waals surface area contributed by atoms with E-state index in [9.17, 15) is 13.2 Å². The molecule has 0 unspecified atom stereocenters. The molecule has 1 amide bonds. The molecule has 8 heteroatoms. The fourth-order valence-corrected chi connectivity index (χ4v) is 5.39. The molecule has 0 spiro atoms. The Hall–Kier alpha value is -0.630. The number of carbonyl (C=O) groups is 1. The molecule has 21 heavy (non-hydrogen) atoms. The SMILES string of the molecule is CC(C)C(=O)N1CCCN(S(=O)(=O)c2ccc(Cl)s2)CC1. The van der Waals surface area contributed by atoms with Gasteiger partial charge in [0.2, 0.25) is 5.91 Å². The van der Waals surface area contributed by atoms with E-state index >= 15 is 0 Å². The van der Waals surface area contributed by atoms with Gasteiger partial charge in [-0.2, -0.15) is 4.31 Å². The van der Waals surface area contributed by atoms with Crippen LogP contribution in [0.5, 0.6) is 0 Å². The quantitative estimate of drug-likeness (QED) is 0.840. The summed E-state index contributed by atoms with van der Waals surface area (Å²) in [4.78, 5) is 13.8. The summed E-state index contributed by atoms with van der Waals surface area (Å²) in [7, 11) is -3.50. The van der Waals surface area contributed by atoms with E-state index in [4.69, 9.17) is 11.6 Å². The molecule has 1 aromatic rings. The van der Waals surface area contributed by atoms with Crippen molar-refractivity contribution in [2.45, 2.75) is 24.5 Å². The van der Waals surface area contributed by atoms with Crippen LogP contribution in [0.3, 0.4) is 0 Å². The molecule has 1 fully saturated rings. The van der Waals surface area contributed by atoms with Crippen molar-refractivity contribution in [3.63, 3.8) is 0 Å². The standard InChI is InChI=1S/C13H19ClN2O3S2/c1-10(2)13(17)15-6-3-7-16(9-8-15)21(18,19)12-5-4-11(14)20-12/h4-5,10H,3,6-9H2,1-2H3. The van der Waals surface area contributed by atoms with Crippen LogP contribution in [0.4, 0.5) is 0 Å². The number of hydrogen-bond acceptors (Lipinski definition) is 4. The average molecular weight is 351 g/mol. The smallest absolute Gasteiger partial charge is 0.252 e. The van der Waals surface area contributed by atoms with Gasteiger partial charge in [-0.25, -0.2) is 8.42 Å². The van der Waals surface area contributed by atoms with Gasteiger partial charge in [0.15, 0.2) is 0 Å². The normalized spacial score (nSPS) is 18.0. The van der Waals surface area contributed by atoms with Gasteiger partial charge in [0, 0.05) is 32.1 Å². The van der Waals surface area contributed by atoms with E-state index in [0.29, 0.717) is 36.9 Å². The monoisotopic (exact) mass is 350 g/mol. The summed E-state index contributed by atoms with van der Waals surface area (Å²) in [6.07, 6.45) is 0.650. The second-order valence-corrected chi connectivity index (χ2v) is 9.18. The lowest BCUT2D eigenvalue weighted by Crippen LogP contribution is -2.38. The number of nitrogens with zero attached hydrogens (tertiary/aromatic N) is 2. The molecule has 1 aromatic heterocycles. The van der Waals surface area contributed by atoms with Crippen molar-refractivity contribution in [2.75, 3.05) is 26.2 Å². The lowest BCUT2D eigenvalue weighted by Gasteiger charge is -2.23. The van der Waals surface area contributed by atoms with Crippen LogP contribution in [-0.2, 0) is 14.8 Å². The van der Waals surface area contributed by atoms with Gasteiger partial charge in [-0.05, 0) is 18.6 Å². The molecule has 1 saturated heterocycles. The summed E-state index contributed by atoms with van der Waals surface area (Å²) >= 11 is 6.88. The van der Waals surface area contributed by atoms with Crippen LogP contribution in [0.25, 0.3) is 0 Å². The van der Waals surface area contributed by atoms with Crippen molar-refractivity contribution >= 4 is 38.9 Å². The van der Waals surface area contributed by atoms with Crippen molar-refractivity contribution in [1.82, 2.24) is 9.21 Å². The fraction of sp³-hybridized carbons (Fsp3) is 0.615. The molecule has 0 aromatic carbocycles. The second kappa shape index (κ2) is 6.64. The largest absolute Gasteiger partial charge is 0.341 e. The zero-order chi connectivity index (χ0) is 15.6. The molecule has 0 radical (unpaired) electrons. The summed E-state index contributed by atoms with van der Waals surface area (Å²) in [5, 5.41) is 0. The maximum atomic E-state index is 12.5. The molecule has 2 rings (SSSR count). The molecule has 118 valence electrons. The highest BCUT2D eigenvalue weighted by Crippen LogP contribution is 2.28. The van der Waals surface area contributed by atoms with E-state index in [1.807, 2.05) is 13.8 Å². The van der Waals surface area contributed by atoms with Crippen LogP contribution < -0.4 is 0 Å². The molecular formula is C13H19ClN2O3S2. The van der Waals surface area contributed by atoms with Crippen molar-refractivity contribution in [1.29, 1.82) is 0 Å². The topological polar surface area (TPSA) is 57.7 Å². The first-order chi connectivity index (χ1) is 9.82. The van der Waals surface area contributed by atoms with Gasteiger partial charge >= 0.3 is 0 Å². The van der Waals surface area contributed by atoms with E-state index in [1.54, 1.807) is 11.0 Å². The summed E-state index contributed by atoms with van der Waals surface area (Å²) < 4.78 is 27.2. The maximum Gasteiger partial charge on any atom is 0.252 e. The Balaban J connectivity index is 2.11. The number of sulfonamides is 1. The van der Waals surface area contributed by atoms with Crippen LogP contribution in [0, 0.1) is 5.92 Å². The van der Waals surface area contributed by atoms with Gasteiger partial charge < -0.3 is 4.90 Å². The number of halogens is 1. The van der Waals surface area contributed by atoms with E-state index in [0.717, 1.165) is 11.3 Å². The number of hydrogen-bond donors (Lipinski definition) is 0. The molecule has 0 saturated carbocycles. The van der Waals surface area contributed by atoms with E-state index in [1.165, 1.54) is 10.4 Å². The third-order valence-electron chi connectivity index (χ3n) is 3.40. The highest BCUT2D eigenvalue weighted by molar-refractivity contribution is 7.91. The van der Waals surface area contributed by atoms with Crippen LogP contribution in [0.2, 0.25) is 4.34 Å². The number of amides is 1. The molecule has 5 nitrogen and oxygen atoms in total. The average Bonchev–Trinajstić information content (AvgIpc) is 2.72. The van der Waals surface area contributed by atoms with Crippen LogP contribution >= 0.6 is 22.9 Å². The van der Waals surface area contributed by atoms with Crippen molar-refractivity contribution in [3.05, 3.63) is 16.5 Å². The predicted octanol–water partition coefficient (Wildman–Crippen LogP) is 2.28. The van der Waals surface area contributed by atoms with E-state index in [-0.39, 0.29) is 16.0 Å². The Labute approximate surface area is 134 Å². The maximum absolute atomic E-state index is 12.5. The Morgan fingerprint density at radius 1 is 1.24 bits per heavy atom. The third kappa shape index (κ3) is 3.77. The zero-order valence-corrected chi connectivity index (χ0v) is 14.5. The van der Waals surface area contributed by atoms with Crippen molar-refractivity contribution in [3.8, 4) is 0 Å². The van der Waals surface area contributed by atoms with Gasteiger partial charge in [-0.15, -0.1) is 11.3 Å². The highest BCUT2D eigenvalue weighted by Gasteiger charge is 2.29. The van der Waals surface area contributed by atoms with Crippen molar-refractivity contribution in [2.24, 2.45) is 5.92 Å². The molecular weight excluding hydrogens is 332 g/mol. The third-order valence-corrected chi connectivity index (χ3v) is 7.00. The minimum absolute atomic E-state index is 0.0655. The molecule has 0 aliphatic carbocycles. The predicted molar refractivity (Wildman–Crippen MR) is 84.1 cm³/mol. The Kier molecular flexibility index (Phi) is 5.29. The van der Waals surface area contributed by atoms with Crippen LogP contribution in [0.1, 0.15) is 20.3 Å². The first-order valence-electron chi connectivity index (χ1n) is 6.86. The first kappa shape index (κ1) is 16.7. The highest BCUT2D eigenvalue weighted by atomic mass is 35.5. The molecule has 0 N–H and O–H groups in total. The Morgan fingerprint density at radius 3 is 2.52 bits per heavy atom. The van der Waals surface area contributed by atoms with Gasteiger partial charge in [0.05, 0.1) is 4.34 Å². The summed E-state index contributed by atoms with van der Waals surface area (Å²) in [5.74, 6) is 0.0117. The lowest BCUT2D eigenvalue weighted by molar-refractivity contribution is -0.134. The van der Waals surface area contributed by atoms with Crippen LogP contribution in [-0.4, -0.2) is 49.7 Å². The Morgan fingerprint density at radius 2 is 1.95 bits per heavy atom. The number of rotatable bonds is 3. The Bertz CT molecular complexity index is 613. The summed E-state index contributed by atoms with van der Waals surface area (Å²) in [6, 6.07) is 3.12. The summed E-state index contributed by atoms with van der Waals surface area (Å²) in [6.45, 7) is 5.52. The zero-order valence-electron chi connectivity index (χ0n) is 12.1. The van der Waals surface area contributed by atoms with Crippen LogP contribution in [0.15, 0.2) is 16.3 Å². The minimum Gasteiger partial charge on any atom is -0.341 e. The second-order valence-electron chi connectivity index (χ2n) is 5.30. The van der Waals surface area contributed by atoms with Gasteiger partial charge in [-0.1, -0.05) is 25.4 Å². The molecule has 1 aliphatic heterocycles. The summed E-state index contributed by atoms with van der Waals surface area (Å²) in [5.41, 5.74) is 0. The number of thiophene rings is 1. The lowest BCUT2D eigenvalue weighted by atomic mass is 10.2. The van der Waals surface area contributed by atoms with E-state index in [2.05, 4.69) is 0 Å². The number of carbonyl (C=O) groups excluding carboxylic acids is 1. The molecule has 0 atom stereocenters. The fourth-order valence-electron chi connectivity index (χ4n) is 2.28. The van der Waals surface area contributed by atoms with Gasteiger partial charge in [-0.3, -0.25) is 4.79 Å². The van der Waals surface area contributed by atoms with Crippen molar-refractivity contribution < 1.29 is 13.2 Å². The first-order valence-corrected chi connectivity index (χ1v) is 9.50. The van der Waals surface area contributed by atoms with Gasteiger partial charge in [0.1, 0.15) is 4.21 Å². The van der Waals surface area contributed by atoms with Gasteiger partial charge in [0.25, 0.3) is 10.0 Å². The molecule has 0 bridgehead atoms. The molecule has 2 heterocycles.